The van der Waals surface area contributed by atoms with E-state index in [-0.39, 0.29) is 29.0 Å². The molecule has 0 aromatic heterocycles. The number of benzene rings is 4. The fourth-order valence-corrected chi connectivity index (χ4v) is 3.31. The highest BCUT2D eigenvalue weighted by atomic mass is 19.1. The van der Waals surface area contributed by atoms with E-state index in [1.165, 1.54) is 36.4 Å². The first-order chi connectivity index (χ1) is 16.4. The number of hydrogen-bond acceptors (Lipinski definition) is 3. The molecule has 0 bridgehead atoms. The molecule has 1 amide bonds. The maximum Gasteiger partial charge on any atom is 0.343 e. The number of carbonyl (C=O) groups excluding carboxylic acids is 2. The lowest BCUT2D eigenvalue weighted by molar-refractivity contribution is 0.0732. The molecule has 0 spiro atoms. The summed E-state index contributed by atoms with van der Waals surface area (Å²) in [5, 5.41) is 2.74. The molecule has 0 saturated heterocycles. The van der Waals surface area contributed by atoms with E-state index in [0.29, 0.717) is 5.56 Å². The van der Waals surface area contributed by atoms with Gasteiger partial charge in [0, 0.05) is 18.2 Å². The summed E-state index contributed by atoms with van der Waals surface area (Å²) in [6.07, 6.45) is 0. The molecule has 4 aromatic carbocycles. The van der Waals surface area contributed by atoms with Gasteiger partial charge in [0.1, 0.15) is 23.2 Å². The minimum Gasteiger partial charge on any atom is -0.422 e. The molecule has 4 aromatic rings. The highest BCUT2D eigenvalue weighted by Crippen LogP contribution is 2.29. The second kappa shape index (κ2) is 10.0. The van der Waals surface area contributed by atoms with E-state index in [1.807, 2.05) is 30.3 Å². The number of rotatable bonds is 6. The van der Waals surface area contributed by atoms with Crippen molar-refractivity contribution in [3.05, 3.63) is 125 Å². The molecular formula is C27H18F3NO3. The average molecular weight is 461 g/mol. The van der Waals surface area contributed by atoms with Gasteiger partial charge < -0.3 is 10.1 Å². The van der Waals surface area contributed by atoms with Crippen LogP contribution in [-0.2, 0) is 6.54 Å². The summed E-state index contributed by atoms with van der Waals surface area (Å²) in [4.78, 5) is 25.6. The second-order valence-electron chi connectivity index (χ2n) is 7.40. The van der Waals surface area contributed by atoms with Gasteiger partial charge in [0.2, 0.25) is 0 Å². The van der Waals surface area contributed by atoms with Crippen LogP contribution in [0.3, 0.4) is 0 Å². The fourth-order valence-electron chi connectivity index (χ4n) is 3.31. The van der Waals surface area contributed by atoms with Gasteiger partial charge in [0.25, 0.3) is 5.91 Å². The molecule has 7 heteroatoms. The molecule has 0 aliphatic carbocycles. The van der Waals surface area contributed by atoms with Gasteiger partial charge in [-0.1, -0.05) is 36.4 Å². The molecule has 0 radical (unpaired) electrons. The first kappa shape index (κ1) is 22.8. The number of esters is 1. The van der Waals surface area contributed by atoms with Crippen LogP contribution in [0.2, 0.25) is 0 Å². The predicted molar refractivity (Wildman–Crippen MR) is 121 cm³/mol. The van der Waals surface area contributed by atoms with Gasteiger partial charge in [-0.25, -0.2) is 18.0 Å². The smallest absolute Gasteiger partial charge is 0.343 e. The van der Waals surface area contributed by atoms with E-state index >= 15 is 0 Å². The Morgan fingerprint density at radius 2 is 1.47 bits per heavy atom. The number of nitrogens with one attached hydrogen (secondary N) is 1. The molecule has 170 valence electrons. The van der Waals surface area contributed by atoms with Crippen molar-refractivity contribution in [3.63, 3.8) is 0 Å². The minimum absolute atomic E-state index is 0.0207. The number of halogens is 3. The van der Waals surface area contributed by atoms with Crippen molar-refractivity contribution in [2.45, 2.75) is 6.54 Å². The molecule has 0 aliphatic heterocycles. The van der Waals surface area contributed by atoms with Crippen LogP contribution in [0.4, 0.5) is 13.2 Å². The first-order valence-electron chi connectivity index (χ1n) is 10.3. The summed E-state index contributed by atoms with van der Waals surface area (Å²) in [6.45, 7) is 0.208. The van der Waals surface area contributed by atoms with Crippen molar-refractivity contribution >= 4 is 11.9 Å². The number of ether oxygens (including phenoxy) is 1. The largest absolute Gasteiger partial charge is 0.422 e. The molecular weight excluding hydrogens is 443 g/mol. The second-order valence-corrected chi connectivity index (χ2v) is 7.40. The van der Waals surface area contributed by atoms with Gasteiger partial charge in [0.05, 0.1) is 11.1 Å². The number of carbonyl (C=O) groups is 2. The summed E-state index contributed by atoms with van der Waals surface area (Å²) in [7, 11) is 0. The highest BCUT2D eigenvalue weighted by molar-refractivity contribution is 6.00. The summed E-state index contributed by atoms with van der Waals surface area (Å²) in [6, 6.07) is 21.2. The molecule has 4 rings (SSSR count). The van der Waals surface area contributed by atoms with Crippen molar-refractivity contribution in [1.82, 2.24) is 5.32 Å². The highest BCUT2D eigenvalue weighted by Gasteiger charge is 2.19. The van der Waals surface area contributed by atoms with Crippen LogP contribution >= 0.6 is 0 Å². The Kier molecular flexibility index (Phi) is 6.73. The Morgan fingerprint density at radius 1 is 0.765 bits per heavy atom. The standard InChI is InChI=1S/C27H18F3NO3/c28-20-9-6-18(7-10-20)27(33)34-25-13-8-19(22-12-11-21(29)15-24(22)30)14-23(25)26(32)31-16-17-4-2-1-3-5-17/h1-15H,16H2,(H,31,32). The lowest BCUT2D eigenvalue weighted by Gasteiger charge is -2.13. The first-order valence-corrected chi connectivity index (χ1v) is 10.3. The Labute approximate surface area is 193 Å². The van der Waals surface area contributed by atoms with E-state index in [1.54, 1.807) is 0 Å². The molecule has 34 heavy (non-hydrogen) atoms. The predicted octanol–water partition coefficient (Wildman–Crippen LogP) is 5.92. The van der Waals surface area contributed by atoms with Crippen molar-refractivity contribution in [2.75, 3.05) is 0 Å². The topological polar surface area (TPSA) is 55.4 Å². The molecule has 0 aliphatic rings. The zero-order chi connectivity index (χ0) is 24.1. The van der Waals surface area contributed by atoms with Crippen molar-refractivity contribution in [2.24, 2.45) is 0 Å². The van der Waals surface area contributed by atoms with Crippen LogP contribution in [-0.4, -0.2) is 11.9 Å². The van der Waals surface area contributed by atoms with Crippen LogP contribution < -0.4 is 10.1 Å². The van der Waals surface area contributed by atoms with Crippen molar-refractivity contribution in [1.29, 1.82) is 0 Å². The SMILES string of the molecule is O=C(Oc1ccc(-c2ccc(F)cc2F)cc1C(=O)NCc1ccccc1)c1ccc(F)cc1. The van der Waals surface area contributed by atoms with Gasteiger partial charge in [-0.2, -0.15) is 0 Å². The molecule has 0 saturated carbocycles. The Morgan fingerprint density at radius 3 is 2.18 bits per heavy atom. The van der Waals surface area contributed by atoms with E-state index in [0.717, 1.165) is 29.8 Å². The average Bonchev–Trinajstić information content (AvgIpc) is 2.84. The molecule has 4 nitrogen and oxygen atoms in total. The third kappa shape index (κ3) is 5.32. The quantitative estimate of drug-likeness (QED) is 0.287. The Bertz CT molecular complexity index is 1340. The molecule has 0 heterocycles. The lowest BCUT2D eigenvalue weighted by Crippen LogP contribution is -2.24. The Hall–Kier alpha value is -4.39. The third-order valence-electron chi connectivity index (χ3n) is 5.04. The van der Waals surface area contributed by atoms with Crippen molar-refractivity contribution in [3.8, 4) is 16.9 Å². The normalized spacial score (nSPS) is 10.6. The fraction of sp³-hybridized carbons (Fsp3) is 0.0370. The van der Waals surface area contributed by atoms with Gasteiger partial charge in [-0.15, -0.1) is 0 Å². The summed E-state index contributed by atoms with van der Waals surface area (Å²) < 4.78 is 46.3. The summed E-state index contributed by atoms with van der Waals surface area (Å²) >= 11 is 0. The van der Waals surface area contributed by atoms with Crippen LogP contribution in [0.15, 0.2) is 91.0 Å². The molecule has 0 fully saturated rings. The van der Waals surface area contributed by atoms with Crippen molar-refractivity contribution < 1.29 is 27.5 Å². The lowest BCUT2D eigenvalue weighted by atomic mass is 10.0. The summed E-state index contributed by atoms with van der Waals surface area (Å²) in [5.74, 6) is -3.46. The molecule has 1 N–H and O–H groups in total. The van der Waals surface area contributed by atoms with E-state index in [9.17, 15) is 22.8 Å². The zero-order valence-electron chi connectivity index (χ0n) is 17.7. The Balaban J connectivity index is 1.66. The van der Waals surface area contributed by atoms with Crippen LogP contribution in [0, 0.1) is 17.5 Å². The van der Waals surface area contributed by atoms with Gasteiger partial charge in [-0.05, 0) is 59.7 Å². The monoisotopic (exact) mass is 461 g/mol. The van der Waals surface area contributed by atoms with Crippen LogP contribution in [0.1, 0.15) is 26.3 Å². The maximum absolute atomic E-state index is 14.3. The molecule has 0 unspecified atom stereocenters. The van der Waals surface area contributed by atoms with Gasteiger partial charge in [0.15, 0.2) is 0 Å². The van der Waals surface area contributed by atoms with Crippen LogP contribution in [0.5, 0.6) is 5.75 Å². The number of hydrogen-bond donors (Lipinski definition) is 1. The zero-order valence-corrected chi connectivity index (χ0v) is 17.7. The van der Waals surface area contributed by atoms with Crippen LogP contribution in [0.25, 0.3) is 11.1 Å². The molecule has 0 atom stereocenters. The number of amides is 1. The third-order valence-corrected chi connectivity index (χ3v) is 5.04. The van der Waals surface area contributed by atoms with E-state index < -0.39 is 29.3 Å². The van der Waals surface area contributed by atoms with E-state index in [2.05, 4.69) is 5.32 Å². The van der Waals surface area contributed by atoms with Gasteiger partial charge >= 0.3 is 5.97 Å². The summed E-state index contributed by atoms with van der Waals surface area (Å²) in [5.41, 5.74) is 1.29. The minimum atomic E-state index is -0.799. The van der Waals surface area contributed by atoms with Gasteiger partial charge in [-0.3, -0.25) is 4.79 Å². The van der Waals surface area contributed by atoms with E-state index in [4.69, 9.17) is 4.74 Å². The maximum atomic E-state index is 14.3.